The fourth-order valence-corrected chi connectivity index (χ4v) is 4.62. The summed E-state index contributed by atoms with van der Waals surface area (Å²) < 4.78 is 6.01. The molecule has 158 valence electrons. The maximum absolute atomic E-state index is 12.7. The predicted octanol–water partition coefficient (Wildman–Crippen LogP) is 3.98. The highest BCUT2D eigenvalue weighted by Gasteiger charge is 2.32. The van der Waals surface area contributed by atoms with Crippen LogP contribution in [0.25, 0.3) is 0 Å². The smallest absolute Gasteiger partial charge is 0.253 e. The summed E-state index contributed by atoms with van der Waals surface area (Å²) in [7, 11) is 0. The lowest BCUT2D eigenvalue weighted by molar-refractivity contribution is -0.140. The lowest BCUT2D eigenvalue weighted by atomic mass is 9.83. The number of ether oxygens (including phenoxy) is 1. The third-order valence-electron chi connectivity index (χ3n) is 6.94. The molecule has 2 amide bonds. The highest BCUT2D eigenvalue weighted by atomic mass is 16.5. The first-order valence-corrected chi connectivity index (χ1v) is 11.4. The van der Waals surface area contributed by atoms with Crippen LogP contribution < -0.4 is 4.74 Å². The Labute approximate surface area is 174 Å². The molecule has 0 bridgehead atoms. The second kappa shape index (κ2) is 9.19. The summed E-state index contributed by atoms with van der Waals surface area (Å²) in [5.41, 5.74) is 0.738. The molecule has 2 saturated heterocycles. The number of hydrogen-bond acceptors (Lipinski definition) is 3. The van der Waals surface area contributed by atoms with E-state index in [9.17, 15) is 9.59 Å². The Bertz CT molecular complexity index is 705. The van der Waals surface area contributed by atoms with Crippen molar-refractivity contribution in [3.63, 3.8) is 0 Å². The van der Waals surface area contributed by atoms with E-state index in [1.54, 1.807) is 0 Å². The first-order chi connectivity index (χ1) is 14.1. The second-order valence-electron chi connectivity index (χ2n) is 9.23. The number of likely N-dealkylation sites (tertiary alicyclic amines) is 2. The standard InChI is InChI=1S/C24H34N2O3/c1-18-11-14-25(15-12-18)23(27)21-7-9-22(10-8-21)29-17-19-4-3-13-26(16-19)24(28)20-5-2-6-20/h7-10,18-20H,2-6,11-17H2,1H3. The fraction of sp³-hybridized carbons (Fsp3) is 0.667. The topological polar surface area (TPSA) is 49.9 Å². The van der Waals surface area contributed by atoms with Crippen molar-refractivity contribution in [3.8, 4) is 5.75 Å². The first kappa shape index (κ1) is 20.2. The Hall–Kier alpha value is -2.04. The number of hydrogen-bond donors (Lipinski definition) is 0. The van der Waals surface area contributed by atoms with E-state index in [1.165, 1.54) is 6.42 Å². The van der Waals surface area contributed by atoms with E-state index in [-0.39, 0.29) is 11.8 Å². The van der Waals surface area contributed by atoms with Crippen LogP contribution in [0.1, 0.15) is 62.2 Å². The zero-order valence-electron chi connectivity index (χ0n) is 17.6. The van der Waals surface area contributed by atoms with Gasteiger partial charge in [0, 0.05) is 43.6 Å². The summed E-state index contributed by atoms with van der Waals surface area (Å²) in [4.78, 5) is 29.2. The van der Waals surface area contributed by atoms with Gasteiger partial charge < -0.3 is 14.5 Å². The van der Waals surface area contributed by atoms with Crippen molar-refractivity contribution < 1.29 is 14.3 Å². The van der Waals surface area contributed by atoms with Gasteiger partial charge in [-0.15, -0.1) is 0 Å². The van der Waals surface area contributed by atoms with Crippen LogP contribution in [0.5, 0.6) is 5.75 Å². The van der Waals surface area contributed by atoms with E-state index in [2.05, 4.69) is 11.8 Å². The molecule has 5 nitrogen and oxygen atoms in total. The normalized spacial score (nSPS) is 23.6. The van der Waals surface area contributed by atoms with Gasteiger partial charge in [0.15, 0.2) is 0 Å². The Balaban J connectivity index is 1.25. The number of rotatable bonds is 5. The number of carbonyl (C=O) groups is 2. The van der Waals surface area contributed by atoms with Crippen molar-refractivity contribution in [2.24, 2.45) is 17.8 Å². The molecule has 1 aromatic rings. The van der Waals surface area contributed by atoms with Crippen molar-refractivity contribution in [1.29, 1.82) is 0 Å². The lowest BCUT2D eigenvalue weighted by Gasteiger charge is -2.37. The van der Waals surface area contributed by atoms with Gasteiger partial charge in [-0.3, -0.25) is 9.59 Å². The first-order valence-electron chi connectivity index (χ1n) is 11.4. The van der Waals surface area contributed by atoms with Crippen LogP contribution in [0.15, 0.2) is 24.3 Å². The molecule has 1 aromatic carbocycles. The summed E-state index contributed by atoms with van der Waals surface area (Å²) in [5.74, 6) is 2.68. The average Bonchev–Trinajstić information content (AvgIpc) is 2.72. The molecule has 0 spiro atoms. The Kier molecular flexibility index (Phi) is 6.41. The number of benzene rings is 1. The highest BCUT2D eigenvalue weighted by molar-refractivity contribution is 5.94. The summed E-state index contributed by atoms with van der Waals surface area (Å²) >= 11 is 0. The molecule has 3 aliphatic rings. The van der Waals surface area contributed by atoms with Crippen LogP contribution in [0.3, 0.4) is 0 Å². The Morgan fingerprint density at radius 3 is 2.31 bits per heavy atom. The molecular formula is C24H34N2O3. The minimum absolute atomic E-state index is 0.126. The molecule has 4 rings (SSSR count). The molecule has 0 N–H and O–H groups in total. The summed E-state index contributed by atoms with van der Waals surface area (Å²) in [6.07, 6.45) is 7.69. The maximum Gasteiger partial charge on any atom is 0.253 e. The van der Waals surface area contributed by atoms with E-state index in [0.717, 1.165) is 81.9 Å². The van der Waals surface area contributed by atoms with Crippen molar-refractivity contribution in [2.75, 3.05) is 32.8 Å². The fourth-order valence-electron chi connectivity index (χ4n) is 4.62. The number of amides is 2. The van der Waals surface area contributed by atoms with Crippen LogP contribution in [0.4, 0.5) is 0 Å². The zero-order valence-corrected chi connectivity index (χ0v) is 17.6. The molecule has 1 unspecified atom stereocenters. The van der Waals surface area contributed by atoms with Crippen molar-refractivity contribution in [1.82, 2.24) is 9.80 Å². The van der Waals surface area contributed by atoms with Crippen LogP contribution in [-0.2, 0) is 4.79 Å². The van der Waals surface area contributed by atoms with Crippen LogP contribution in [-0.4, -0.2) is 54.4 Å². The SMILES string of the molecule is CC1CCN(C(=O)c2ccc(OCC3CCCN(C(=O)C4CCC4)C3)cc2)CC1. The van der Waals surface area contributed by atoms with Gasteiger partial charge in [0.2, 0.25) is 5.91 Å². The van der Waals surface area contributed by atoms with E-state index in [1.807, 2.05) is 29.2 Å². The summed E-state index contributed by atoms with van der Waals surface area (Å²) in [6, 6.07) is 7.56. The average molecular weight is 399 g/mol. The lowest BCUT2D eigenvalue weighted by Crippen LogP contribution is -2.45. The van der Waals surface area contributed by atoms with Crippen LogP contribution in [0, 0.1) is 17.8 Å². The molecule has 1 aliphatic carbocycles. The highest BCUT2D eigenvalue weighted by Crippen LogP contribution is 2.30. The van der Waals surface area contributed by atoms with Gasteiger partial charge in [0.05, 0.1) is 6.61 Å². The quantitative estimate of drug-likeness (QED) is 0.754. The third kappa shape index (κ3) is 4.93. The van der Waals surface area contributed by atoms with Crippen molar-refractivity contribution in [3.05, 3.63) is 29.8 Å². The Morgan fingerprint density at radius 1 is 0.931 bits per heavy atom. The summed E-state index contributed by atoms with van der Waals surface area (Å²) in [6.45, 7) is 6.32. The van der Waals surface area contributed by atoms with Gasteiger partial charge in [-0.05, 0) is 68.7 Å². The van der Waals surface area contributed by atoms with Crippen LogP contribution >= 0.6 is 0 Å². The minimum atomic E-state index is 0.126. The Morgan fingerprint density at radius 2 is 1.66 bits per heavy atom. The molecule has 0 aromatic heterocycles. The van der Waals surface area contributed by atoms with E-state index in [0.29, 0.717) is 18.4 Å². The van der Waals surface area contributed by atoms with Gasteiger partial charge in [0.25, 0.3) is 5.91 Å². The molecule has 29 heavy (non-hydrogen) atoms. The summed E-state index contributed by atoms with van der Waals surface area (Å²) in [5, 5.41) is 0. The van der Waals surface area contributed by atoms with E-state index in [4.69, 9.17) is 4.74 Å². The predicted molar refractivity (Wildman–Crippen MR) is 113 cm³/mol. The number of piperidine rings is 2. The van der Waals surface area contributed by atoms with E-state index < -0.39 is 0 Å². The van der Waals surface area contributed by atoms with Crippen molar-refractivity contribution >= 4 is 11.8 Å². The van der Waals surface area contributed by atoms with E-state index >= 15 is 0 Å². The second-order valence-corrected chi connectivity index (χ2v) is 9.23. The van der Waals surface area contributed by atoms with Crippen molar-refractivity contribution in [2.45, 2.75) is 51.9 Å². The molecule has 0 radical (unpaired) electrons. The monoisotopic (exact) mass is 398 g/mol. The van der Waals surface area contributed by atoms with Gasteiger partial charge >= 0.3 is 0 Å². The molecule has 5 heteroatoms. The molecule has 3 fully saturated rings. The van der Waals surface area contributed by atoms with Gasteiger partial charge in [-0.1, -0.05) is 13.3 Å². The number of carbonyl (C=O) groups excluding carboxylic acids is 2. The zero-order chi connectivity index (χ0) is 20.2. The molecular weight excluding hydrogens is 364 g/mol. The molecule has 2 heterocycles. The molecule has 1 saturated carbocycles. The maximum atomic E-state index is 12.7. The molecule has 1 atom stereocenters. The molecule has 2 aliphatic heterocycles. The van der Waals surface area contributed by atoms with Gasteiger partial charge in [-0.2, -0.15) is 0 Å². The van der Waals surface area contributed by atoms with Crippen LogP contribution in [0.2, 0.25) is 0 Å². The minimum Gasteiger partial charge on any atom is -0.493 e. The number of nitrogens with zero attached hydrogens (tertiary/aromatic N) is 2. The largest absolute Gasteiger partial charge is 0.493 e. The van der Waals surface area contributed by atoms with Gasteiger partial charge in [-0.25, -0.2) is 0 Å². The third-order valence-corrected chi connectivity index (χ3v) is 6.94. The van der Waals surface area contributed by atoms with Gasteiger partial charge in [0.1, 0.15) is 5.75 Å².